The van der Waals surface area contributed by atoms with Crippen molar-refractivity contribution in [2.45, 2.75) is 39.7 Å². The first kappa shape index (κ1) is 16.0. The summed E-state index contributed by atoms with van der Waals surface area (Å²) in [6.07, 6.45) is 3.53. The molecule has 0 bridgehead atoms. The maximum absolute atomic E-state index is 4.54. The number of rotatable bonds is 5. The Kier molecular flexibility index (Phi) is 5.26. The molecule has 1 aliphatic heterocycles. The van der Waals surface area contributed by atoms with Gasteiger partial charge in [-0.3, -0.25) is 4.68 Å². The maximum atomic E-state index is 4.54. The van der Waals surface area contributed by atoms with Crippen LogP contribution >= 0.6 is 15.9 Å². The lowest BCUT2D eigenvalue weighted by Crippen LogP contribution is -2.42. The third-order valence-electron chi connectivity index (χ3n) is 4.54. The molecule has 1 N–H and O–H groups in total. The molecule has 2 rings (SSSR count). The van der Waals surface area contributed by atoms with Crippen molar-refractivity contribution in [2.24, 2.45) is 12.5 Å². The highest BCUT2D eigenvalue weighted by molar-refractivity contribution is 9.10. The molecular weight excluding hydrogens is 316 g/mol. The van der Waals surface area contributed by atoms with Crippen LogP contribution in [0.2, 0.25) is 0 Å². The highest BCUT2D eigenvalue weighted by Crippen LogP contribution is 2.29. The van der Waals surface area contributed by atoms with Gasteiger partial charge in [-0.25, -0.2) is 0 Å². The molecule has 1 saturated heterocycles. The fraction of sp³-hybridized carbons (Fsp3) is 0.800. The van der Waals surface area contributed by atoms with Gasteiger partial charge in [0.25, 0.3) is 0 Å². The Morgan fingerprint density at radius 3 is 2.50 bits per heavy atom. The van der Waals surface area contributed by atoms with Crippen LogP contribution in [0, 0.1) is 5.41 Å². The Morgan fingerprint density at radius 1 is 1.30 bits per heavy atom. The lowest BCUT2D eigenvalue weighted by molar-refractivity contribution is 0.136. The summed E-state index contributed by atoms with van der Waals surface area (Å²) >= 11 is 3.68. The average Bonchev–Trinajstić information content (AvgIpc) is 2.70. The molecule has 1 fully saturated rings. The number of hydrogen-bond acceptors (Lipinski definition) is 3. The molecule has 1 aromatic heterocycles. The molecule has 0 unspecified atom stereocenters. The quantitative estimate of drug-likeness (QED) is 0.892. The van der Waals surface area contributed by atoms with Crippen LogP contribution in [0.3, 0.4) is 0 Å². The SMILES string of the molecule is CCc1nn(C)c(CNCC2(C)CCN(C)CC2)c1Br. The van der Waals surface area contributed by atoms with E-state index in [1.807, 2.05) is 11.7 Å². The van der Waals surface area contributed by atoms with E-state index in [2.05, 4.69) is 52.1 Å². The van der Waals surface area contributed by atoms with Crippen LogP contribution in [0.5, 0.6) is 0 Å². The second-order valence-corrected chi connectivity index (χ2v) is 7.20. The van der Waals surface area contributed by atoms with Gasteiger partial charge in [-0.15, -0.1) is 0 Å². The zero-order valence-electron chi connectivity index (χ0n) is 13.2. The number of likely N-dealkylation sites (tertiary alicyclic amines) is 1. The van der Waals surface area contributed by atoms with Crippen molar-refractivity contribution in [1.29, 1.82) is 0 Å². The van der Waals surface area contributed by atoms with E-state index in [0.29, 0.717) is 5.41 Å². The summed E-state index contributed by atoms with van der Waals surface area (Å²) in [5.41, 5.74) is 2.83. The second kappa shape index (κ2) is 6.58. The Morgan fingerprint density at radius 2 is 1.95 bits per heavy atom. The number of aryl methyl sites for hydroxylation is 2. The summed E-state index contributed by atoms with van der Waals surface area (Å²) in [6, 6.07) is 0. The molecule has 5 heteroatoms. The second-order valence-electron chi connectivity index (χ2n) is 6.40. The van der Waals surface area contributed by atoms with Crippen LogP contribution in [-0.4, -0.2) is 41.4 Å². The van der Waals surface area contributed by atoms with Crippen molar-refractivity contribution in [1.82, 2.24) is 20.0 Å². The van der Waals surface area contributed by atoms with Crippen LogP contribution in [0.4, 0.5) is 0 Å². The first-order chi connectivity index (χ1) is 9.45. The highest BCUT2D eigenvalue weighted by Gasteiger charge is 2.28. The van der Waals surface area contributed by atoms with Crippen LogP contribution in [0.15, 0.2) is 4.47 Å². The standard InChI is InChI=1S/C15H27BrN4/c1-5-12-14(16)13(20(4)18-12)10-17-11-15(2)6-8-19(3)9-7-15/h17H,5-11H2,1-4H3. The van der Waals surface area contributed by atoms with Gasteiger partial charge in [0, 0.05) is 20.1 Å². The molecule has 0 saturated carbocycles. The van der Waals surface area contributed by atoms with Gasteiger partial charge in [0.05, 0.1) is 15.9 Å². The van der Waals surface area contributed by atoms with E-state index in [1.54, 1.807) is 0 Å². The Bertz CT molecular complexity index is 447. The number of halogens is 1. The summed E-state index contributed by atoms with van der Waals surface area (Å²) in [5, 5.41) is 8.18. The minimum atomic E-state index is 0.436. The van der Waals surface area contributed by atoms with Crippen LogP contribution in [0.1, 0.15) is 38.1 Å². The molecule has 0 aliphatic carbocycles. The third kappa shape index (κ3) is 3.62. The Balaban J connectivity index is 1.88. The minimum Gasteiger partial charge on any atom is -0.311 e. The molecule has 0 amide bonds. The predicted octanol–water partition coefficient (Wildman–Crippen LogP) is 2.57. The van der Waals surface area contributed by atoms with Gasteiger partial charge in [-0.1, -0.05) is 13.8 Å². The molecule has 4 nitrogen and oxygen atoms in total. The first-order valence-corrected chi connectivity index (χ1v) is 8.34. The van der Waals surface area contributed by atoms with E-state index in [0.717, 1.165) is 25.2 Å². The van der Waals surface area contributed by atoms with Crippen molar-refractivity contribution in [2.75, 3.05) is 26.7 Å². The zero-order chi connectivity index (χ0) is 14.8. The number of nitrogens with zero attached hydrogens (tertiary/aromatic N) is 3. The van der Waals surface area contributed by atoms with Gasteiger partial charge in [-0.05, 0) is 60.7 Å². The molecule has 1 aromatic rings. The van der Waals surface area contributed by atoms with Crippen molar-refractivity contribution in [3.05, 3.63) is 15.9 Å². The monoisotopic (exact) mass is 342 g/mol. The fourth-order valence-corrected chi connectivity index (χ4v) is 3.59. The Labute approximate surface area is 131 Å². The molecule has 20 heavy (non-hydrogen) atoms. The normalized spacial score (nSPS) is 19.4. The maximum Gasteiger partial charge on any atom is 0.0767 e. The van der Waals surface area contributed by atoms with E-state index in [4.69, 9.17) is 0 Å². The van der Waals surface area contributed by atoms with E-state index < -0.39 is 0 Å². The summed E-state index contributed by atoms with van der Waals surface area (Å²) in [4.78, 5) is 2.42. The summed E-state index contributed by atoms with van der Waals surface area (Å²) in [5.74, 6) is 0. The van der Waals surface area contributed by atoms with Gasteiger partial charge in [-0.2, -0.15) is 5.10 Å². The van der Waals surface area contributed by atoms with Gasteiger partial charge in [0.15, 0.2) is 0 Å². The molecule has 114 valence electrons. The number of piperidine rings is 1. The zero-order valence-corrected chi connectivity index (χ0v) is 14.8. The Hall–Kier alpha value is -0.390. The van der Waals surface area contributed by atoms with E-state index in [-0.39, 0.29) is 0 Å². The molecule has 0 atom stereocenters. The largest absolute Gasteiger partial charge is 0.311 e. The predicted molar refractivity (Wildman–Crippen MR) is 86.8 cm³/mol. The smallest absolute Gasteiger partial charge is 0.0767 e. The van der Waals surface area contributed by atoms with E-state index in [9.17, 15) is 0 Å². The minimum absolute atomic E-state index is 0.436. The summed E-state index contributed by atoms with van der Waals surface area (Å²) in [6.45, 7) is 8.95. The van der Waals surface area contributed by atoms with Crippen LogP contribution in [-0.2, 0) is 20.0 Å². The fourth-order valence-electron chi connectivity index (χ4n) is 2.83. The first-order valence-electron chi connectivity index (χ1n) is 7.55. The molecule has 0 radical (unpaired) electrons. The number of aromatic nitrogens is 2. The van der Waals surface area contributed by atoms with Crippen LogP contribution < -0.4 is 5.32 Å². The molecular formula is C15H27BrN4. The third-order valence-corrected chi connectivity index (χ3v) is 5.46. The van der Waals surface area contributed by atoms with Crippen molar-refractivity contribution in [3.63, 3.8) is 0 Å². The van der Waals surface area contributed by atoms with Gasteiger partial charge in [0.1, 0.15) is 0 Å². The average molecular weight is 343 g/mol. The van der Waals surface area contributed by atoms with E-state index in [1.165, 1.54) is 36.1 Å². The summed E-state index contributed by atoms with van der Waals surface area (Å²) < 4.78 is 3.16. The van der Waals surface area contributed by atoms with Gasteiger partial charge >= 0.3 is 0 Å². The van der Waals surface area contributed by atoms with Gasteiger partial charge < -0.3 is 10.2 Å². The molecule has 0 aromatic carbocycles. The van der Waals surface area contributed by atoms with Crippen molar-refractivity contribution in [3.8, 4) is 0 Å². The lowest BCUT2D eigenvalue weighted by atomic mass is 9.80. The van der Waals surface area contributed by atoms with Crippen molar-refractivity contribution >= 4 is 15.9 Å². The summed E-state index contributed by atoms with van der Waals surface area (Å²) in [7, 11) is 4.24. The van der Waals surface area contributed by atoms with E-state index >= 15 is 0 Å². The number of hydrogen-bond donors (Lipinski definition) is 1. The molecule has 2 heterocycles. The highest BCUT2D eigenvalue weighted by atomic mass is 79.9. The topological polar surface area (TPSA) is 33.1 Å². The van der Waals surface area contributed by atoms with Crippen molar-refractivity contribution < 1.29 is 0 Å². The molecule has 0 spiro atoms. The van der Waals surface area contributed by atoms with Crippen LogP contribution in [0.25, 0.3) is 0 Å². The molecule has 1 aliphatic rings. The van der Waals surface area contributed by atoms with Gasteiger partial charge in [0.2, 0.25) is 0 Å². The lowest BCUT2D eigenvalue weighted by Gasteiger charge is -2.38. The number of nitrogens with one attached hydrogen (secondary N) is 1.